The molecular weight excluding hydrogens is 164 g/mol. The molecule has 6 heteroatoms. The topological polar surface area (TPSA) is 99.0 Å². The lowest BCUT2D eigenvalue weighted by Gasteiger charge is -2.07. The summed E-state index contributed by atoms with van der Waals surface area (Å²) in [5.74, 6) is -1.10. The highest BCUT2D eigenvalue weighted by atomic mass is 16.5. The van der Waals surface area contributed by atoms with Crippen LogP contribution < -0.4 is 5.48 Å². The SMILES string of the molecule is O=NCCCC[C@H](NO)C(=O)O. The van der Waals surface area contributed by atoms with Crippen LogP contribution in [0.3, 0.4) is 0 Å². The number of unbranched alkanes of at least 4 members (excludes halogenated alkanes) is 1. The highest BCUT2D eigenvalue weighted by Gasteiger charge is 2.14. The Kier molecular flexibility index (Phi) is 6.12. The van der Waals surface area contributed by atoms with Crippen molar-refractivity contribution < 1.29 is 15.1 Å². The molecule has 0 aromatic carbocycles. The summed E-state index contributed by atoms with van der Waals surface area (Å²) in [4.78, 5) is 19.9. The summed E-state index contributed by atoms with van der Waals surface area (Å²) >= 11 is 0. The van der Waals surface area contributed by atoms with Crippen molar-refractivity contribution in [2.75, 3.05) is 6.54 Å². The molecule has 0 aliphatic rings. The second-order valence-electron chi connectivity index (χ2n) is 2.37. The third-order valence-corrected chi connectivity index (χ3v) is 1.45. The minimum absolute atomic E-state index is 0.192. The van der Waals surface area contributed by atoms with Gasteiger partial charge in [0.25, 0.3) is 0 Å². The smallest absolute Gasteiger partial charge is 0.323 e. The van der Waals surface area contributed by atoms with Gasteiger partial charge in [-0.1, -0.05) is 5.18 Å². The van der Waals surface area contributed by atoms with Gasteiger partial charge in [-0.2, -0.15) is 10.4 Å². The van der Waals surface area contributed by atoms with Crippen LogP contribution in [0.2, 0.25) is 0 Å². The number of hydroxylamine groups is 1. The average Bonchev–Trinajstić information content (AvgIpc) is 2.04. The molecule has 0 fully saturated rings. The van der Waals surface area contributed by atoms with Gasteiger partial charge in [-0.25, -0.2) is 0 Å². The molecule has 0 aromatic heterocycles. The molecule has 0 heterocycles. The van der Waals surface area contributed by atoms with Crippen LogP contribution in [-0.4, -0.2) is 28.9 Å². The van der Waals surface area contributed by atoms with Gasteiger partial charge in [-0.15, -0.1) is 0 Å². The van der Waals surface area contributed by atoms with E-state index in [-0.39, 0.29) is 6.54 Å². The van der Waals surface area contributed by atoms with Crippen LogP contribution in [-0.2, 0) is 4.79 Å². The standard InChI is InChI=1S/C6H12N2O4/c9-6(10)5(8-12)3-1-2-4-7-11/h5,8,12H,1-4H2,(H,9,10)/t5-/m0/s1. The van der Waals surface area contributed by atoms with E-state index in [1.54, 1.807) is 5.48 Å². The molecular formula is C6H12N2O4. The highest BCUT2D eigenvalue weighted by molar-refractivity contribution is 5.73. The van der Waals surface area contributed by atoms with Crippen molar-refractivity contribution in [3.63, 3.8) is 0 Å². The van der Waals surface area contributed by atoms with Crippen LogP contribution in [0.5, 0.6) is 0 Å². The number of carbonyl (C=O) groups is 1. The second kappa shape index (κ2) is 6.68. The van der Waals surface area contributed by atoms with Gasteiger partial charge < -0.3 is 10.3 Å². The molecule has 0 saturated carbocycles. The lowest BCUT2D eigenvalue weighted by atomic mass is 10.1. The Labute approximate surface area is 69.5 Å². The van der Waals surface area contributed by atoms with E-state index in [2.05, 4.69) is 5.18 Å². The molecule has 0 spiro atoms. The molecule has 0 aromatic rings. The van der Waals surface area contributed by atoms with Crippen molar-refractivity contribution in [3.8, 4) is 0 Å². The number of nitrogens with zero attached hydrogens (tertiary/aromatic N) is 1. The number of carboxylic acids is 1. The predicted octanol–water partition coefficient (Wildman–Crippen LogP) is 0.355. The van der Waals surface area contributed by atoms with Crippen LogP contribution >= 0.6 is 0 Å². The number of aliphatic carboxylic acids is 1. The fraction of sp³-hybridized carbons (Fsp3) is 0.833. The minimum Gasteiger partial charge on any atom is -0.480 e. The first-order chi connectivity index (χ1) is 5.72. The highest BCUT2D eigenvalue weighted by Crippen LogP contribution is 2.00. The molecule has 0 aliphatic heterocycles. The van der Waals surface area contributed by atoms with Crippen molar-refractivity contribution >= 4 is 5.97 Å². The summed E-state index contributed by atoms with van der Waals surface area (Å²) in [6.07, 6.45) is 1.40. The van der Waals surface area contributed by atoms with Crippen LogP contribution in [0.1, 0.15) is 19.3 Å². The molecule has 12 heavy (non-hydrogen) atoms. The average molecular weight is 176 g/mol. The lowest BCUT2D eigenvalue weighted by Crippen LogP contribution is -2.34. The minimum atomic E-state index is -1.10. The molecule has 70 valence electrons. The van der Waals surface area contributed by atoms with Gasteiger partial charge in [-0.3, -0.25) is 4.79 Å². The van der Waals surface area contributed by atoms with E-state index in [0.29, 0.717) is 19.3 Å². The van der Waals surface area contributed by atoms with Crippen LogP contribution in [0.4, 0.5) is 0 Å². The van der Waals surface area contributed by atoms with Crippen LogP contribution in [0.25, 0.3) is 0 Å². The van der Waals surface area contributed by atoms with Gasteiger partial charge in [0.1, 0.15) is 6.04 Å². The predicted molar refractivity (Wildman–Crippen MR) is 40.9 cm³/mol. The number of hydrogen-bond acceptors (Lipinski definition) is 5. The number of carboxylic acid groups (broad SMARTS) is 1. The van der Waals surface area contributed by atoms with E-state index in [1.165, 1.54) is 0 Å². The van der Waals surface area contributed by atoms with Gasteiger partial charge in [-0.05, 0) is 19.3 Å². The fourth-order valence-electron chi connectivity index (χ4n) is 0.768. The molecule has 0 unspecified atom stereocenters. The summed E-state index contributed by atoms with van der Waals surface area (Å²) in [6, 6.07) is -0.948. The fourth-order valence-corrected chi connectivity index (χ4v) is 0.768. The zero-order chi connectivity index (χ0) is 9.40. The summed E-state index contributed by atoms with van der Waals surface area (Å²) < 4.78 is 0. The van der Waals surface area contributed by atoms with E-state index in [9.17, 15) is 9.70 Å². The maximum absolute atomic E-state index is 10.3. The summed E-state index contributed by atoms with van der Waals surface area (Å²) in [5, 5.41) is 19.4. The van der Waals surface area contributed by atoms with Gasteiger partial charge in [0.2, 0.25) is 0 Å². The van der Waals surface area contributed by atoms with Crippen molar-refractivity contribution in [1.29, 1.82) is 0 Å². The first-order valence-electron chi connectivity index (χ1n) is 3.64. The van der Waals surface area contributed by atoms with Gasteiger partial charge >= 0.3 is 5.97 Å². The summed E-state index contributed by atoms with van der Waals surface area (Å²) in [6.45, 7) is 0.192. The third-order valence-electron chi connectivity index (χ3n) is 1.45. The van der Waals surface area contributed by atoms with Crippen molar-refractivity contribution in [2.45, 2.75) is 25.3 Å². The Bertz CT molecular complexity index is 150. The summed E-state index contributed by atoms with van der Waals surface area (Å²) in [5.41, 5.74) is 1.67. The van der Waals surface area contributed by atoms with Crippen molar-refractivity contribution in [2.24, 2.45) is 5.18 Å². The molecule has 0 radical (unpaired) electrons. The molecule has 0 saturated heterocycles. The van der Waals surface area contributed by atoms with Crippen molar-refractivity contribution in [1.82, 2.24) is 5.48 Å². The molecule has 6 nitrogen and oxygen atoms in total. The molecule has 1 atom stereocenters. The van der Waals surface area contributed by atoms with Crippen LogP contribution in [0.15, 0.2) is 5.18 Å². The first-order valence-corrected chi connectivity index (χ1v) is 3.64. The number of rotatable bonds is 7. The largest absolute Gasteiger partial charge is 0.480 e. The Morgan fingerprint density at radius 1 is 1.50 bits per heavy atom. The second-order valence-corrected chi connectivity index (χ2v) is 2.37. The normalized spacial score (nSPS) is 12.4. The van der Waals surface area contributed by atoms with Gasteiger partial charge in [0.15, 0.2) is 0 Å². The quantitative estimate of drug-likeness (QED) is 0.295. The Balaban J connectivity index is 3.44. The van der Waals surface area contributed by atoms with Crippen molar-refractivity contribution in [3.05, 3.63) is 4.91 Å². The number of nitrogens with one attached hydrogen (secondary N) is 1. The van der Waals surface area contributed by atoms with E-state index < -0.39 is 12.0 Å². The summed E-state index contributed by atoms with van der Waals surface area (Å²) in [7, 11) is 0. The Hall–Kier alpha value is -1.01. The lowest BCUT2D eigenvalue weighted by molar-refractivity contribution is -0.142. The molecule has 0 bridgehead atoms. The molecule has 0 aliphatic carbocycles. The third kappa shape index (κ3) is 4.75. The monoisotopic (exact) mass is 176 g/mol. The molecule has 0 amide bonds. The Morgan fingerprint density at radius 2 is 2.17 bits per heavy atom. The van der Waals surface area contributed by atoms with E-state index in [0.717, 1.165) is 0 Å². The Morgan fingerprint density at radius 3 is 2.58 bits per heavy atom. The van der Waals surface area contributed by atoms with E-state index in [4.69, 9.17) is 10.3 Å². The maximum atomic E-state index is 10.3. The van der Waals surface area contributed by atoms with Gasteiger partial charge in [0, 0.05) is 0 Å². The molecule has 3 N–H and O–H groups in total. The zero-order valence-electron chi connectivity index (χ0n) is 6.56. The first kappa shape index (κ1) is 11.0. The molecule has 0 rings (SSSR count). The van der Waals surface area contributed by atoms with Crippen LogP contribution in [0, 0.1) is 4.91 Å². The van der Waals surface area contributed by atoms with E-state index >= 15 is 0 Å². The number of nitroso groups, excluding NO2 is 1. The zero-order valence-corrected chi connectivity index (χ0v) is 6.56. The van der Waals surface area contributed by atoms with Gasteiger partial charge in [0.05, 0.1) is 6.54 Å². The number of hydrogen-bond donors (Lipinski definition) is 3. The maximum Gasteiger partial charge on any atom is 0.323 e. The van der Waals surface area contributed by atoms with E-state index in [1.807, 2.05) is 0 Å².